The van der Waals surface area contributed by atoms with E-state index in [-0.39, 0.29) is 24.0 Å². The van der Waals surface area contributed by atoms with E-state index in [4.69, 9.17) is 10.2 Å². The lowest BCUT2D eigenvalue weighted by molar-refractivity contribution is -0.136. The highest BCUT2D eigenvalue weighted by Crippen LogP contribution is 2.32. The van der Waals surface area contributed by atoms with Crippen LogP contribution in [0.25, 0.3) is 0 Å². The van der Waals surface area contributed by atoms with Crippen molar-refractivity contribution in [3.05, 3.63) is 29.3 Å². The third kappa shape index (κ3) is 4.85. The number of hydrogen-bond acceptors (Lipinski definition) is 7. The Morgan fingerprint density at radius 2 is 1.77 bits per heavy atom. The van der Waals surface area contributed by atoms with Crippen LogP contribution in [-0.4, -0.2) is 57.6 Å². The van der Waals surface area contributed by atoms with E-state index < -0.39 is 36.0 Å². The van der Waals surface area contributed by atoms with Crippen molar-refractivity contribution in [2.24, 2.45) is 0 Å². The Hall–Kier alpha value is -2.78. The largest absolute Gasteiger partial charge is 0.384 e. The van der Waals surface area contributed by atoms with Gasteiger partial charge in [0.1, 0.15) is 6.04 Å². The molecule has 1 atom stereocenters. The van der Waals surface area contributed by atoms with Crippen molar-refractivity contribution in [3.63, 3.8) is 0 Å². The number of aliphatic hydroxyl groups excluding tert-OH is 1. The molecule has 0 spiro atoms. The number of hydrogen-bond donors (Lipinski definition) is 4. The Morgan fingerprint density at radius 1 is 1.03 bits per heavy atom. The Kier molecular flexibility index (Phi) is 7.17. The van der Waals surface area contributed by atoms with Crippen molar-refractivity contribution in [1.29, 1.82) is 0 Å². The number of imide groups is 2. The molecule has 9 nitrogen and oxygen atoms in total. The fourth-order valence-electron chi connectivity index (χ4n) is 3.87. The number of benzene rings is 1. The summed E-state index contributed by atoms with van der Waals surface area (Å²) >= 11 is 0. The average molecular weight is 417 g/mol. The second-order valence-electron chi connectivity index (χ2n) is 7.64. The average Bonchev–Trinajstić information content (AvgIpc) is 2.95. The molecule has 0 aliphatic carbocycles. The van der Waals surface area contributed by atoms with Crippen molar-refractivity contribution < 1.29 is 29.4 Å². The van der Waals surface area contributed by atoms with Gasteiger partial charge in [-0.05, 0) is 37.8 Å². The van der Waals surface area contributed by atoms with Gasteiger partial charge in [0, 0.05) is 18.7 Å². The molecule has 3 rings (SSSR count). The number of carbonyl (C=O) groups is 4. The molecule has 0 saturated carbocycles. The van der Waals surface area contributed by atoms with E-state index in [9.17, 15) is 19.2 Å². The van der Waals surface area contributed by atoms with Crippen LogP contribution in [0.1, 0.15) is 72.1 Å². The lowest BCUT2D eigenvalue weighted by Gasteiger charge is -2.27. The van der Waals surface area contributed by atoms with Gasteiger partial charge in [0.2, 0.25) is 11.8 Å². The maximum Gasteiger partial charge on any atom is 0.264 e. The van der Waals surface area contributed by atoms with Crippen molar-refractivity contribution >= 4 is 29.3 Å². The maximum atomic E-state index is 13.0. The number of piperidine rings is 1. The molecule has 0 radical (unpaired) electrons. The highest BCUT2D eigenvalue weighted by Gasteiger charge is 2.45. The number of amides is 4. The van der Waals surface area contributed by atoms with Gasteiger partial charge in [-0.2, -0.15) is 0 Å². The van der Waals surface area contributed by atoms with Gasteiger partial charge in [0.05, 0.1) is 11.1 Å². The first-order valence-electron chi connectivity index (χ1n) is 10.3. The minimum atomic E-state index is -1.24. The van der Waals surface area contributed by atoms with Crippen molar-refractivity contribution in [3.8, 4) is 0 Å². The Bertz CT molecular complexity index is 838. The molecule has 2 aliphatic rings. The van der Waals surface area contributed by atoms with Crippen molar-refractivity contribution in [2.75, 3.05) is 11.9 Å². The number of nitrogens with one attached hydrogen (secondary N) is 2. The zero-order chi connectivity index (χ0) is 21.7. The first-order valence-corrected chi connectivity index (χ1v) is 10.3. The fraction of sp³-hybridized carbons (Fsp3) is 0.524. The minimum Gasteiger partial charge on any atom is -0.384 e. The standard InChI is InChI=1S/C21H27N3O6/c25-16-11-10-15(19(28)23-16)24-20(29)13-7-6-8-14(18(13)21(24)30)22-12-5-3-1-2-4-9-17(26)27/h6-8,15,17,22,26-27H,1-5,9-12H2,(H,23,25,28). The van der Waals surface area contributed by atoms with Crippen molar-refractivity contribution in [1.82, 2.24) is 10.2 Å². The van der Waals surface area contributed by atoms with Crippen LogP contribution in [0.5, 0.6) is 0 Å². The third-order valence-electron chi connectivity index (χ3n) is 5.42. The van der Waals surface area contributed by atoms with Gasteiger partial charge in [-0.3, -0.25) is 29.4 Å². The zero-order valence-corrected chi connectivity index (χ0v) is 16.7. The van der Waals surface area contributed by atoms with Crippen LogP contribution in [0.15, 0.2) is 18.2 Å². The molecule has 1 aromatic rings. The fourth-order valence-corrected chi connectivity index (χ4v) is 3.87. The van der Waals surface area contributed by atoms with Gasteiger partial charge in [-0.1, -0.05) is 25.3 Å². The molecule has 9 heteroatoms. The van der Waals surface area contributed by atoms with Crippen LogP contribution in [0.2, 0.25) is 0 Å². The molecule has 4 N–H and O–H groups in total. The van der Waals surface area contributed by atoms with Gasteiger partial charge in [-0.25, -0.2) is 0 Å². The molecule has 1 saturated heterocycles. The Balaban J connectivity index is 1.57. The molecule has 162 valence electrons. The molecular weight excluding hydrogens is 390 g/mol. The van der Waals surface area contributed by atoms with E-state index in [0.29, 0.717) is 18.7 Å². The Morgan fingerprint density at radius 3 is 2.50 bits per heavy atom. The maximum absolute atomic E-state index is 13.0. The summed E-state index contributed by atoms with van der Waals surface area (Å²) in [6, 6.07) is 4.03. The monoisotopic (exact) mass is 417 g/mol. The van der Waals surface area contributed by atoms with E-state index in [1.165, 1.54) is 0 Å². The normalized spacial score (nSPS) is 18.8. The number of aliphatic hydroxyl groups is 2. The number of anilines is 1. The van der Waals surface area contributed by atoms with Gasteiger partial charge in [-0.15, -0.1) is 0 Å². The first kappa shape index (κ1) is 21.9. The van der Waals surface area contributed by atoms with Gasteiger partial charge < -0.3 is 15.5 Å². The van der Waals surface area contributed by atoms with Crippen LogP contribution in [0.4, 0.5) is 5.69 Å². The summed E-state index contributed by atoms with van der Waals surface area (Å²) in [6.45, 7) is 0.624. The summed E-state index contributed by atoms with van der Waals surface area (Å²) in [5.74, 6) is -2.05. The number of carbonyl (C=O) groups excluding carboxylic acids is 4. The predicted molar refractivity (Wildman–Crippen MR) is 108 cm³/mol. The molecule has 0 bridgehead atoms. The minimum absolute atomic E-state index is 0.0895. The highest BCUT2D eigenvalue weighted by atomic mass is 16.5. The smallest absolute Gasteiger partial charge is 0.264 e. The zero-order valence-electron chi connectivity index (χ0n) is 16.7. The van der Waals surface area contributed by atoms with E-state index in [1.807, 2.05) is 0 Å². The number of rotatable bonds is 10. The van der Waals surface area contributed by atoms with Crippen LogP contribution in [0, 0.1) is 0 Å². The molecule has 2 aliphatic heterocycles. The second-order valence-corrected chi connectivity index (χ2v) is 7.64. The summed E-state index contributed by atoms with van der Waals surface area (Å²) in [5, 5.41) is 23.0. The molecule has 2 heterocycles. The summed E-state index contributed by atoms with van der Waals surface area (Å²) in [5.41, 5.74) is 1.09. The van der Waals surface area contributed by atoms with Crippen LogP contribution in [-0.2, 0) is 9.59 Å². The first-order chi connectivity index (χ1) is 14.4. The SMILES string of the molecule is O=C1CCC(N2C(=O)c3cccc(NCCCCCCCC(O)O)c3C2=O)C(=O)N1. The summed E-state index contributed by atoms with van der Waals surface area (Å²) < 4.78 is 0. The topological polar surface area (TPSA) is 136 Å². The Labute approximate surface area is 174 Å². The van der Waals surface area contributed by atoms with E-state index in [1.54, 1.807) is 18.2 Å². The summed E-state index contributed by atoms with van der Waals surface area (Å²) in [4.78, 5) is 50.3. The lowest BCUT2D eigenvalue weighted by atomic mass is 10.0. The van der Waals surface area contributed by atoms with Crippen molar-refractivity contribution in [2.45, 2.75) is 63.7 Å². The van der Waals surface area contributed by atoms with Crippen LogP contribution in [0.3, 0.4) is 0 Å². The summed E-state index contributed by atoms with van der Waals surface area (Å²) in [7, 11) is 0. The molecule has 1 aromatic carbocycles. The van der Waals surface area contributed by atoms with Gasteiger partial charge in [0.25, 0.3) is 11.8 Å². The van der Waals surface area contributed by atoms with E-state index >= 15 is 0 Å². The second kappa shape index (κ2) is 9.82. The number of unbranched alkanes of at least 4 members (excludes halogenated alkanes) is 4. The molecule has 0 aromatic heterocycles. The van der Waals surface area contributed by atoms with Gasteiger partial charge >= 0.3 is 0 Å². The molecule has 4 amide bonds. The molecule has 1 fully saturated rings. The van der Waals surface area contributed by atoms with Crippen LogP contribution < -0.4 is 10.6 Å². The molecule has 30 heavy (non-hydrogen) atoms. The quantitative estimate of drug-likeness (QED) is 0.255. The molecule has 1 unspecified atom stereocenters. The summed E-state index contributed by atoms with van der Waals surface area (Å²) in [6.07, 6.45) is 3.85. The number of nitrogens with zero attached hydrogens (tertiary/aromatic N) is 1. The van der Waals surface area contributed by atoms with E-state index in [0.717, 1.165) is 37.0 Å². The third-order valence-corrected chi connectivity index (χ3v) is 5.42. The predicted octanol–water partition coefficient (Wildman–Crippen LogP) is 1.15. The molecular formula is C21H27N3O6. The lowest BCUT2D eigenvalue weighted by Crippen LogP contribution is -2.54. The van der Waals surface area contributed by atoms with Gasteiger partial charge in [0.15, 0.2) is 6.29 Å². The van der Waals surface area contributed by atoms with E-state index in [2.05, 4.69) is 10.6 Å². The number of fused-ring (bicyclic) bond motifs is 1. The van der Waals surface area contributed by atoms with Crippen LogP contribution >= 0.6 is 0 Å². The highest BCUT2D eigenvalue weighted by molar-refractivity contribution is 6.25.